The molecule has 1 fully saturated rings. The first kappa shape index (κ1) is 12.2. The Labute approximate surface area is 117 Å². The predicted molar refractivity (Wildman–Crippen MR) is 72.3 cm³/mol. The zero-order valence-electron chi connectivity index (χ0n) is 9.89. The number of hydrogen-bond acceptors (Lipinski definition) is 5. The predicted octanol–water partition coefficient (Wildman–Crippen LogP) is 1.97. The van der Waals surface area contributed by atoms with Gasteiger partial charge in [-0.3, -0.25) is 4.79 Å². The topological polar surface area (TPSA) is 94.0 Å². The number of benzene rings is 1. The maximum Gasteiger partial charge on any atom is 0.292 e. The van der Waals surface area contributed by atoms with Crippen molar-refractivity contribution in [1.82, 2.24) is 15.5 Å². The van der Waals surface area contributed by atoms with E-state index in [0.29, 0.717) is 11.3 Å². The molecule has 0 atom stereocenters. The second kappa shape index (κ2) is 4.65. The number of carbonyl (C=O) groups excluding carboxylic acids is 1. The summed E-state index contributed by atoms with van der Waals surface area (Å²) in [6.07, 6.45) is 2.02. The Hall–Kier alpha value is -1.89. The van der Waals surface area contributed by atoms with Crippen LogP contribution in [0, 0.1) is 0 Å². The molecule has 0 saturated heterocycles. The summed E-state index contributed by atoms with van der Waals surface area (Å²) in [4.78, 5) is 15.8. The zero-order valence-corrected chi connectivity index (χ0v) is 11.5. The van der Waals surface area contributed by atoms with Crippen molar-refractivity contribution >= 4 is 27.5 Å². The maximum absolute atomic E-state index is 11.8. The summed E-state index contributed by atoms with van der Waals surface area (Å²) in [5.41, 5.74) is 6.97. The van der Waals surface area contributed by atoms with E-state index >= 15 is 0 Å². The molecule has 1 amide bonds. The van der Waals surface area contributed by atoms with Crippen LogP contribution in [0.1, 0.15) is 23.5 Å². The molecule has 0 bridgehead atoms. The lowest BCUT2D eigenvalue weighted by Gasteiger charge is -2.00. The number of anilines is 1. The molecule has 6 nitrogen and oxygen atoms in total. The van der Waals surface area contributed by atoms with Crippen molar-refractivity contribution in [2.75, 3.05) is 5.73 Å². The van der Waals surface area contributed by atoms with E-state index in [1.807, 2.05) is 6.07 Å². The van der Waals surface area contributed by atoms with Gasteiger partial charge in [0.05, 0.1) is 5.56 Å². The lowest BCUT2D eigenvalue weighted by Crippen LogP contribution is -2.26. The summed E-state index contributed by atoms with van der Waals surface area (Å²) in [5, 5.41) is 6.47. The average Bonchev–Trinajstić information content (AvgIpc) is 3.06. The van der Waals surface area contributed by atoms with Gasteiger partial charge in [0.25, 0.3) is 17.6 Å². The normalized spacial score (nSPS) is 14.4. The molecule has 0 aliphatic heterocycles. The van der Waals surface area contributed by atoms with Crippen molar-refractivity contribution in [2.45, 2.75) is 18.9 Å². The Balaban J connectivity index is 1.87. The number of amides is 1. The second-order valence-electron chi connectivity index (χ2n) is 4.40. The van der Waals surface area contributed by atoms with Gasteiger partial charge < -0.3 is 15.6 Å². The smallest absolute Gasteiger partial charge is 0.292 e. The van der Waals surface area contributed by atoms with Gasteiger partial charge in [-0.15, -0.1) is 0 Å². The molecule has 3 N–H and O–H groups in total. The highest BCUT2D eigenvalue weighted by Crippen LogP contribution is 2.27. The van der Waals surface area contributed by atoms with Gasteiger partial charge in [-0.2, -0.15) is 4.98 Å². The van der Waals surface area contributed by atoms with Crippen LogP contribution in [0.4, 0.5) is 5.69 Å². The monoisotopic (exact) mass is 322 g/mol. The van der Waals surface area contributed by atoms with E-state index in [-0.39, 0.29) is 23.7 Å². The average molecular weight is 323 g/mol. The number of aromatic nitrogens is 2. The van der Waals surface area contributed by atoms with Crippen molar-refractivity contribution in [3.05, 3.63) is 28.5 Å². The fraction of sp³-hybridized carbons (Fsp3) is 0.250. The van der Waals surface area contributed by atoms with Gasteiger partial charge in [-0.05, 0) is 31.0 Å². The highest BCUT2D eigenvalue weighted by molar-refractivity contribution is 9.10. The summed E-state index contributed by atoms with van der Waals surface area (Å²) < 4.78 is 5.93. The maximum atomic E-state index is 11.8. The first-order valence-electron chi connectivity index (χ1n) is 5.83. The molecule has 0 unspecified atom stereocenters. The molecular weight excluding hydrogens is 312 g/mol. The van der Waals surface area contributed by atoms with E-state index in [2.05, 4.69) is 31.4 Å². The summed E-state index contributed by atoms with van der Waals surface area (Å²) in [6, 6.07) is 5.57. The quantitative estimate of drug-likeness (QED) is 0.842. The van der Waals surface area contributed by atoms with Gasteiger partial charge in [-0.1, -0.05) is 21.1 Å². The molecule has 3 rings (SSSR count). The number of nitrogens with zero attached hydrogens (tertiary/aromatic N) is 2. The third-order valence-corrected chi connectivity index (χ3v) is 3.28. The number of nitrogens with two attached hydrogens (primary N) is 1. The van der Waals surface area contributed by atoms with Gasteiger partial charge in [0, 0.05) is 16.2 Å². The van der Waals surface area contributed by atoms with Gasteiger partial charge in [0.1, 0.15) is 0 Å². The Bertz CT molecular complexity index is 636. The molecule has 1 aromatic carbocycles. The van der Waals surface area contributed by atoms with Gasteiger partial charge in [0.15, 0.2) is 0 Å². The third kappa shape index (κ3) is 2.60. The molecule has 7 heteroatoms. The summed E-state index contributed by atoms with van der Waals surface area (Å²) >= 11 is 3.35. The van der Waals surface area contributed by atoms with Crippen LogP contribution < -0.4 is 11.1 Å². The molecule has 0 radical (unpaired) electrons. The van der Waals surface area contributed by atoms with Gasteiger partial charge in [-0.25, -0.2) is 0 Å². The fourth-order valence-electron chi connectivity index (χ4n) is 1.62. The molecule has 2 aromatic rings. The Morgan fingerprint density at radius 1 is 1.47 bits per heavy atom. The van der Waals surface area contributed by atoms with Crippen molar-refractivity contribution in [2.24, 2.45) is 0 Å². The molecule has 98 valence electrons. The minimum atomic E-state index is -0.314. The Morgan fingerprint density at radius 2 is 2.26 bits per heavy atom. The number of halogens is 1. The SMILES string of the molecule is Nc1ccc(Br)cc1-c1nc(C(=O)NC2CC2)no1. The summed E-state index contributed by atoms with van der Waals surface area (Å²) in [6.45, 7) is 0. The minimum Gasteiger partial charge on any atom is -0.398 e. The van der Waals surface area contributed by atoms with Gasteiger partial charge >= 0.3 is 0 Å². The number of rotatable bonds is 3. The second-order valence-corrected chi connectivity index (χ2v) is 5.32. The lowest BCUT2D eigenvalue weighted by atomic mass is 10.2. The molecule has 0 spiro atoms. The van der Waals surface area contributed by atoms with E-state index in [4.69, 9.17) is 10.3 Å². The zero-order chi connectivity index (χ0) is 13.4. The van der Waals surface area contributed by atoms with E-state index < -0.39 is 0 Å². The van der Waals surface area contributed by atoms with E-state index in [1.54, 1.807) is 12.1 Å². The van der Waals surface area contributed by atoms with Crippen molar-refractivity contribution in [1.29, 1.82) is 0 Å². The van der Waals surface area contributed by atoms with Crippen LogP contribution >= 0.6 is 15.9 Å². The highest BCUT2D eigenvalue weighted by Gasteiger charge is 2.26. The van der Waals surface area contributed by atoms with Crippen LogP contribution in [-0.2, 0) is 0 Å². The molecular formula is C12H11BrN4O2. The first-order valence-corrected chi connectivity index (χ1v) is 6.63. The third-order valence-electron chi connectivity index (χ3n) is 2.79. The van der Waals surface area contributed by atoms with E-state index in [1.165, 1.54) is 0 Å². The summed E-state index contributed by atoms with van der Waals surface area (Å²) in [5.74, 6) is -0.0490. The number of nitrogens with one attached hydrogen (secondary N) is 1. The van der Waals surface area contributed by atoms with E-state index in [0.717, 1.165) is 17.3 Å². The Morgan fingerprint density at radius 3 is 3.00 bits per heavy atom. The summed E-state index contributed by atoms with van der Waals surface area (Å²) in [7, 11) is 0. The molecule has 1 aromatic heterocycles. The number of nitrogen functional groups attached to an aromatic ring is 1. The molecule has 1 heterocycles. The van der Waals surface area contributed by atoms with Crippen molar-refractivity contribution in [3.63, 3.8) is 0 Å². The van der Waals surface area contributed by atoms with Crippen LogP contribution in [0.2, 0.25) is 0 Å². The van der Waals surface area contributed by atoms with Crippen molar-refractivity contribution in [3.8, 4) is 11.5 Å². The number of hydrogen-bond donors (Lipinski definition) is 2. The van der Waals surface area contributed by atoms with Crippen LogP contribution in [0.3, 0.4) is 0 Å². The molecule has 1 aliphatic rings. The Kier molecular flexibility index (Phi) is 2.98. The van der Waals surface area contributed by atoms with Crippen LogP contribution in [0.15, 0.2) is 27.2 Å². The van der Waals surface area contributed by atoms with Crippen LogP contribution in [0.5, 0.6) is 0 Å². The van der Waals surface area contributed by atoms with E-state index in [9.17, 15) is 4.79 Å². The first-order chi connectivity index (χ1) is 9.13. The van der Waals surface area contributed by atoms with Crippen LogP contribution in [0.25, 0.3) is 11.5 Å². The molecule has 1 saturated carbocycles. The van der Waals surface area contributed by atoms with Crippen molar-refractivity contribution < 1.29 is 9.32 Å². The fourth-order valence-corrected chi connectivity index (χ4v) is 1.98. The standard InChI is InChI=1S/C12H11BrN4O2/c13-6-1-4-9(14)8(5-6)12-16-10(17-19-12)11(18)15-7-2-3-7/h1,4-5,7H,2-3,14H2,(H,15,18). The molecule has 19 heavy (non-hydrogen) atoms. The largest absolute Gasteiger partial charge is 0.398 e. The van der Waals surface area contributed by atoms with Crippen LogP contribution in [-0.4, -0.2) is 22.1 Å². The highest BCUT2D eigenvalue weighted by atomic mass is 79.9. The molecule has 1 aliphatic carbocycles. The number of carbonyl (C=O) groups is 1. The minimum absolute atomic E-state index is 0.0290. The lowest BCUT2D eigenvalue weighted by molar-refractivity contribution is 0.0937. The van der Waals surface area contributed by atoms with Gasteiger partial charge in [0.2, 0.25) is 0 Å².